The van der Waals surface area contributed by atoms with E-state index < -0.39 is 11.7 Å². The van der Waals surface area contributed by atoms with E-state index in [0.29, 0.717) is 12.0 Å². The molecule has 8 heteroatoms. The number of halogens is 2. The summed E-state index contributed by atoms with van der Waals surface area (Å²) in [6, 6.07) is 13.8. The number of amides is 2. The summed E-state index contributed by atoms with van der Waals surface area (Å²) in [4.78, 5) is 34.4. The van der Waals surface area contributed by atoms with Gasteiger partial charge < -0.3 is 15.1 Å². The minimum atomic E-state index is -0.654. The van der Waals surface area contributed by atoms with Crippen LogP contribution in [0.4, 0.5) is 10.1 Å². The van der Waals surface area contributed by atoms with E-state index in [4.69, 9.17) is 11.6 Å². The van der Waals surface area contributed by atoms with Gasteiger partial charge in [-0.3, -0.25) is 14.6 Å². The van der Waals surface area contributed by atoms with E-state index in [9.17, 15) is 14.0 Å². The first-order chi connectivity index (χ1) is 17.4. The number of carbonyl (C=O) groups is 2. The van der Waals surface area contributed by atoms with Crippen LogP contribution in [0, 0.1) is 5.82 Å². The Labute approximate surface area is 215 Å². The average Bonchev–Trinajstić information content (AvgIpc) is 3.30. The molecule has 1 aliphatic heterocycles. The molecule has 2 aromatic carbocycles. The predicted octanol–water partition coefficient (Wildman–Crippen LogP) is 5.03. The number of aromatic nitrogens is 1. The fourth-order valence-corrected chi connectivity index (χ4v) is 5.51. The number of benzene rings is 2. The Morgan fingerprint density at radius 2 is 1.83 bits per heavy atom. The quantitative estimate of drug-likeness (QED) is 0.527. The number of nitrogens with one attached hydrogen (secondary N) is 1. The van der Waals surface area contributed by atoms with Gasteiger partial charge in [-0.05, 0) is 73.2 Å². The lowest BCUT2D eigenvalue weighted by atomic mass is 10.00. The van der Waals surface area contributed by atoms with E-state index in [0.717, 1.165) is 49.2 Å². The molecule has 1 N–H and O–H groups in total. The van der Waals surface area contributed by atoms with E-state index in [-0.39, 0.29) is 28.6 Å². The monoisotopic (exact) mass is 506 g/mol. The Morgan fingerprint density at radius 3 is 2.56 bits per heavy atom. The van der Waals surface area contributed by atoms with Crippen LogP contribution < -0.4 is 10.2 Å². The zero-order chi connectivity index (χ0) is 25.2. The summed E-state index contributed by atoms with van der Waals surface area (Å²) in [6.45, 7) is 1.76. The molecule has 0 bridgehead atoms. The predicted molar refractivity (Wildman–Crippen MR) is 138 cm³/mol. The molecule has 2 aliphatic rings. The van der Waals surface area contributed by atoms with Crippen molar-refractivity contribution in [2.75, 3.05) is 25.0 Å². The SMILES string of the molecule is CN(C(=O)c1ccc2c(c1)[C@H](NC(=O)c1c(F)cccc1Cl)CC2)C1CCN(c2ccncc2)CC1. The van der Waals surface area contributed by atoms with Gasteiger partial charge in [-0.15, -0.1) is 0 Å². The number of pyridine rings is 1. The third kappa shape index (κ3) is 4.80. The van der Waals surface area contributed by atoms with E-state index in [1.165, 1.54) is 18.2 Å². The zero-order valence-corrected chi connectivity index (χ0v) is 20.8. The minimum absolute atomic E-state index is 0.0331. The normalized spacial score (nSPS) is 17.5. The van der Waals surface area contributed by atoms with Crippen LogP contribution >= 0.6 is 11.6 Å². The van der Waals surface area contributed by atoms with Gasteiger partial charge in [0, 0.05) is 49.8 Å². The highest BCUT2D eigenvalue weighted by Gasteiger charge is 2.30. The molecule has 2 heterocycles. The van der Waals surface area contributed by atoms with E-state index in [1.807, 2.05) is 42.3 Å². The maximum absolute atomic E-state index is 14.2. The molecule has 1 aliphatic carbocycles. The van der Waals surface area contributed by atoms with Crippen molar-refractivity contribution in [1.82, 2.24) is 15.2 Å². The van der Waals surface area contributed by atoms with E-state index >= 15 is 0 Å². The standard InChI is InChI=1S/C28H28ClFN4O2/c1-33(20-11-15-34(16-12-20)21-9-13-31-14-10-21)28(36)19-6-5-18-7-8-25(22(18)17-19)32-27(35)26-23(29)3-2-4-24(26)30/h2-6,9-10,13-14,17,20,25H,7-8,11-12,15-16H2,1H3,(H,32,35)/t25-/m1/s1. The molecule has 2 amide bonds. The number of anilines is 1. The van der Waals surface area contributed by atoms with Gasteiger partial charge >= 0.3 is 0 Å². The molecule has 0 unspecified atom stereocenters. The second kappa shape index (κ2) is 10.3. The van der Waals surface area contributed by atoms with Crippen LogP contribution in [0.25, 0.3) is 0 Å². The van der Waals surface area contributed by atoms with Gasteiger partial charge in [0.15, 0.2) is 0 Å². The second-order valence-corrected chi connectivity index (χ2v) is 9.82. The average molecular weight is 507 g/mol. The molecule has 1 atom stereocenters. The molecule has 0 spiro atoms. The summed E-state index contributed by atoms with van der Waals surface area (Å²) < 4.78 is 14.2. The van der Waals surface area contributed by atoms with Gasteiger partial charge in [-0.1, -0.05) is 23.7 Å². The summed E-state index contributed by atoms with van der Waals surface area (Å²) in [6.07, 6.45) is 6.84. The Kier molecular flexibility index (Phi) is 6.92. The molecular formula is C28H28ClFN4O2. The largest absolute Gasteiger partial charge is 0.371 e. The van der Waals surface area contributed by atoms with Crippen molar-refractivity contribution < 1.29 is 14.0 Å². The van der Waals surface area contributed by atoms with Gasteiger partial charge in [0.2, 0.25) is 0 Å². The lowest BCUT2D eigenvalue weighted by molar-refractivity contribution is 0.0709. The third-order valence-corrected chi connectivity index (χ3v) is 7.64. The summed E-state index contributed by atoms with van der Waals surface area (Å²) >= 11 is 6.07. The van der Waals surface area contributed by atoms with Crippen molar-refractivity contribution in [3.8, 4) is 0 Å². The molecule has 0 radical (unpaired) electrons. The summed E-state index contributed by atoms with van der Waals surface area (Å²) in [5.74, 6) is -1.24. The van der Waals surface area contributed by atoms with Crippen LogP contribution in [0.3, 0.4) is 0 Å². The fourth-order valence-electron chi connectivity index (χ4n) is 5.27. The minimum Gasteiger partial charge on any atom is -0.371 e. The summed E-state index contributed by atoms with van der Waals surface area (Å²) in [5, 5.41) is 2.99. The van der Waals surface area contributed by atoms with Crippen molar-refractivity contribution in [3.63, 3.8) is 0 Å². The molecule has 5 rings (SSSR count). The zero-order valence-electron chi connectivity index (χ0n) is 20.1. The summed E-state index contributed by atoms with van der Waals surface area (Å²) in [5.41, 5.74) is 3.59. The first-order valence-electron chi connectivity index (χ1n) is 12.2. The fraction of sp³-hybridized carbons (Fsp3) is 0.321. The highest BCUT2D eigenvalue weighted by atomic mass is 35.5. The molecule has 186 valence electrons. The van der Waals surface area contributed by atoms with Gasteiger partial charge in [-0.2, -0.15) is 0 Å². The van der Waals surface area contributed by atoms with Crippen molar-refractivity contribution >= 4 is 29.1 Å². The smallest absolute Gasteiger partial charge is 0.256 e. The molecule has 0 saturated carbocycles. The van der Waals surface area contributed by atoms with Crippen LogP contribution in [0.2, 0.25) is 5.02 Å². The number of rotatable bonds is 5. The van der Waals surface area contributed by atoms with Gasteiger partial charge in [0.1, 0.15) is 5.82 Å². The van der Waals surface area contributed by atoms with Crippen molar-refractivity contribution in [2.24, 2.45) is 0 Å². The van der Waals surface area contributed by atoms with Crippen molar-refractivity contribution in [1.29, 1.82) is 0 Å². The van der Waals surface area contributed by atoms with Crippen LogP contribution in [0.1, 0.15) is 57.1 Å². The van der Waals surface area contributed by atoms with Crippen LogP contribution in [-0.4, -0.2) is 47.9 Å². The highest BCUT2D eigenvalue weighted by Crippen LogP contribution is 2.33. The molecule has 6 nitrogen and oxygen atoms in total. The molecule has 3 aromatic rings. The number of nitrogens with zero attached hydrogens (tertiary/aromatic N) is 3. The van der Waals surface area contributed by atoms with Gasteiger partial charge in [-0.25, -0.2) is 4.39 Å². The number of fused-ring (bicyclic) bond motifs is 1. The Hall–Kier alpha value is -3.45. The van der Waals surface area contributed by atoms with E-state index in [2.05, 4.69) is 15.2 Å². The number of hydrogen-bond acceptors (Lipinski definition) is 4. The van der Waals surface area contributed by atoms with Crippen LogP contribution in [-0.2, 0) is 6.42 Å². The summed E-state index contributed by atoms with van der Waals surface area (Å²) in [7, 11) is 1.86. The first-order valence-corrected chi connectivity index (χ1v) is 12.6. The van der Waals surface area contributed by atoms with Crippen LogP contribution in [0.15, 0.2) is 60.9 Å². The van der Waals surface area contributed by atoms with Crippen molar-refractivity contribution in [2.45, 2.75) is 37.8 Å². The number of carbonyl (C=O) groups excluding carboxylic acids is 2. The van der Waals surface area contributed by atoms with Gasteiger partial charge in [0.25, 0.3) is 11.8 Å². The number of piperidine rings is 1. The maximum atomic E-state index is 14.2. The lowest BCUT2D eigenvalue weighted by Crippen LogP contribution is -2.45. The Bertz CT molecular complexity index is 1260. The van der Waals surface area contributed by atoms with Crippen molar-refractivity contribution in [3.05, 3.63) is 94.0 Å². The third-order valence-electron chi connectivity index (χ3n) is 7.33. The Balaban J connectivity index is 1.26. The topological polar surface area (TPSA) is 65.5 Å². The Morgan fingerprint density at radius 1 is 1.08 bits per heavy atom. The van der Waals surface area contributed by atoms with Gasteiger partial charge in [0.05, 0.1) is 16.6 Å². The number of aryl methyl sites for hydroxylation is 1. The molecular weight excluding hydrogens is 479 g/mol. The second-order valence-electron chi connectivity index (χ2n) is 9.41. The van der Waals surface area contributed by atoms with Crippen LogP contribution in [0.5, 0.6) is 0 Å². The first kappa shape index (κ1) is 24.3. The highest BCUT2D eigenvalue weighted by molar-refractivity contribution is 6.33. The molecule has 1 aromatic heterocycles. The van der Waals surface area contributed by atoms with E-state index in [1.54, 1.807) is 12.4 Å². The maximum Gasteiger partial charge on any atom is 0.256 e. The molecule has 36 heavy (non-hydrogen) atoms. The molecule has 1 saturated heterocycles. The molecule has 1 fully saturated rings. The lowest BCUT2D eigenvalue weighted by Gasteiger charge is -2.38. The number of hydrogen-bond donors (Lipinski definition) is 1.